The summed E-state index contributed by atoms with van der Waals surface area (Å²) in [6, 6.07) is 16.7. The molecule has 2 aromatic carbocycles. The molecule has 108 valence electrons. The van der Waals surface area contributed by atoms with Crippen molar-refractivity contribution < 1.29 is 9.53 Å². The van der Waals surface area contributed by atoms with Crippen molar-refractivity contribution in [2.45, 2.75) is 6.42 Å². The third-order valence-electron chi connectivity index (χ3n) is 2.75. The van der Waals surface area contributed by atoms with Gasteiger partial charge in [-0.3, -0.25) is 4.79 Å². The molecule has 2 N–H and O–H groups in total. The molecule has 0 aliphatic heterocycles. The van der Waals surface area contributed by atoms with Crippen LogP contribution in [0.5, 0.6) is 5.75 Å². The molecule has 0 spiro atoms. The van der Waals surface area contributed by atoms with Crippen LogP contribution in [0.4, 0.5) is 11.4 Å². The number of carbonyl (C=O) groups is 1. The monoisotopic (exact) mass is 300 g/mol. The number of amides is 1. The second-order valence-corrected chi connectivity index (χ2v) is 4.86. The summed E-state index contributed by atoms with van der Waals surface area (Å²) < 4.78 is 5.06. The first-order chi connectivity index (χ1) is 10.2. The summed E-state index contributed by atoms with van der Waals surface area (Å²) in [7, 11) is 1.60. The minimum absolute atomic E-state index is 0.135. The molecule has 4 nitrogen and oxygen atoms in total. The van der Waals surface area contributed by atoms with Gasteiger partial charge in [0.15, 0.2) is 0 Å². The molecule has 0 bridgehead atoms. The molecule has 0 radical (unpaired) electrons. The molecule has 0 aliphatic rings. The fourth-order valence-corrected chi connectivity index (χ4v) is 2.00. The minimum atomic E-state index is -0.159. The van der Waals surface area contributed by atoms with Crippen molar-refractivity contribution in [2.75, 3.05) is 17.7 Å². The Morgan fingerprint density at radius 2 is 1.62 bits per heavy atom. The molecule has 1 amide bonds. The minimum Gasteiger partial charge on any atom is -0.497 e. The van der Waals surface area contributed by atoms with Gasteiger partial charge in [0.2, 0.25) is 5.91 Å². The number of benzene rings is 2. The largest absolute Gasteiger partial charge is 0.497 e. The molecule has 0 unspecified atom stereocenters. The van der Waals surface area contributed by atoms with Crippen LogP contribution >= 0.6 is 12.2 Å². The number of thiocarbonyl (C=S) groups is 1. The van der Waals surface area contributed by atoms with E-state index in [-0.39, 0.29) is 12.3 Å². The van der Waals surface area contributed by atoms with E-state index in [1.807, 2.05) is 30.3 Å². The fourth-order valence-electron chi connectivity index (χ4n) is 1.75. The lowest BCUT2D eigenvalue weighted by Gasteiger charge is -2.09. The molecule has 0 saturated carbocycles. The third kappa shape index (κ3) is 4.89. The average Bonchev–Trinajstić information content (AvgIpc) is 2.48. The van der Waals surface area contributed by atoms with Gasteiger partial charge in [0.25, 0.3) is 0 Å². The molecular formula is C16H16N2O2S. The van der Waals surface area contributed by atoms with Gasteiger partial charge in [-0.15, -0.1) is 0 Å². The molecule has 0 atom stereocenters. The van der Waals surface area contributed by atoms with Crippen LogP contribution in [0.25, 0.3) is 0 Å². The predicted molar refractivity (Wildman–Crippen MR) is 88.9 cm³/mol. The van der Waals surface area contributed by atoms with Crippen molar-refractivity contribution >= 4 is 34.5 Å². The van der Waals surface area contributed by atoms with Crippen molar-refractivity contribution in [1.82, 2.24) is 0 Å². The van der Waals surface area contributed by atoms with E-state index in [9.17, 15) is 4.79 Å². The summed E-state index contributed by atoms with van der Waals surface area (Å²) in [6.07, 6.45) is 0.135. The number of nitrogens with one attached hydrogen (secondary N) is 2. The summed E-state index contributed by atoms with van der Waals surface area (Å²) in [5, 5.41) is 5.82. The van der Waals surface area contributed by atoms with Crippen molar-refractivity contribution in [2.24, 2.45) is 0 Å². The molecule has 0 saturated heterocycles. The van der Waals surface area contributed by atoms with Crippen LogP contribution in [-0.2, 0) is 4.79 Å². The van der Waals surface area contributed by atoms with E-state index in [0.29, 0.717) is 10.7 Å². The fraction of sp³-hybridized carbons (Fsp3) is 0.125. The maximum atomic E-state index is 11.9. The predicted octanol–water partition coefficient (Wildman–Crippen LogP) is 3.46. The van der Waals surface area contributed by atoms with E-state index in [0.717, 1.165) is 11.4 Å². The summed E-state index contributed by atoms with van der Waals surface area (Å²) in [5.74, 6) is 0.586. The Morgan fingerprint density at radius 1 is 1.00 bits per heavy atom. The van der Waals surface area contributed by atoms with Gasteiger partial charge in [-0.25, -0.2) is 0 Å². The van der Waals surface area contributed by atoms with Gasteiger partial charge in [0, 0.05) is 11.4 Å². The molecule has 5 heteroatoms. The van der Waals surface area contributed by atoms with Crippen molar-refractivity contribution in [3.05, 3.63) is 54.6 Å². The van der Waals surface area contributed by atoms with Gasteiger partial charge in [0.1, 0.15) is 5.75 Å². The van der Waals surface area contributed by atoms with E-state index in [4.69, 9.17) is 17.0 Å². The average molecular weight is 300 g/mol. The lowest BCUT2D eigenvalue weighted by atomic mass is 10.3. The zero-order valence-corrected chi connectivity index (χ0v) is 12.4. The Labute approximate surface area is 129 Å². The highest BCUT2D eigenvalue weighted by molar-refractivity contribution is 7.80. The SMILES string of the molecule is COc1ccc(NC(=O)CC(=S)Nc2ccccc2)cc1. The van der Waals surface area contributed by atoms with E-state index in [1.165, 1.54) is 0 Å². The summed E-state index contributed by atoms with van der Waals surface area (Å²) >= 11 is 5.18. The van der Waals surface area contributed by atoms with Crippen molar-refractivity contribution in [1.29, 1.82) is 0 Å². The topological polar surface area (TPSA) is 50.4 Å². The second kappa shape index (κ2) is 7.40. The van der Waals surface area contributed by atoms with Gasteiger partial charge < -0.3 is 15.4 Å². The van der Waals surface area contributed by atoms with Crippen LogP contribution in [-0.4, -0.2) is 18.0 Å². The van der Waals surface area contributed by atoms with Crippen LogP contribution in [0.15, 0.2) is 54.6 Å². The Bertz CT molecular complexity index is 612. The van der Waals surface area contributed by atoms with Gasteiger partial charge in [0.05, 0.1) is 18.5 Å². The molecule has 21 heavy (non-hydrogen) atoms. The van der Waals surface area contributed by atoms with Crippen LogP contribution in [0.2, 0.25) is 0 Å². The smallest absolute Gasteiger partial charge is 0.231 e. The first-order valence-electron chi connectivity index (χ1n) is 6.46. The molecular weight excluding hydrogens is 284 g/mol. The molecule has 0 aromatic heterocycles. The highest BCUT2D eigenvalue weighted by atomic mass is 32.1. The van der Waals surface area contributed by atoms with Crippen LogP contribution < -0.4 is 15.4 Å². The lowest BCUT2D eigenvalue weighted by Crippen LogP contribution is -2.20. The maximum Gasteiger partial charge on any atom is 0.231 e. The van der Waals surface area contributed by atoms with E-state index in [2.05, 4.69) is 10.6 Å². The Balaban J connectivity index is 1.84. The Morgan fingerprint density at radius 3 is 2.24 bits per heavy atom. The maximum absolute atomic E-state index is 11.9. The number of carbonyl (C=O) groups excluding carboxylic acids is 1. The van der Waals surface area contributed by atoms with Crippen LogP contribution in [0.3, 0.4) is 0 Å². The highest BCUT2D eigenvalue weighted by Gasteiger charge is 2.07. The normalized spacial score (nSPS) is 9.76. The van der Waals surface area contributed by atoms with Gasteiger partial charge in [-0.05, 0) is 36.4 Å². The number of hydrogen-bond donors (Lipinski definition) is 2. The molecule has 0 fully saturated rings. The molecule has 0 aliphatic carbocycles. The van der Waals surface area contributed by atoms with E-state index in [1.54, 1.807) is 31.4 Å². The standard InChI is InChI=1S/C16H16N2O2S/c1-20-14-9-7-13(8-10-14)17-15(19)11-16(21)18-12-5-3-2-4-6-12/h2-10H,11H2,1H3,(H,17,19)(H,18,21). The summed E-state index contributed by atoms with van der Waals surface area (Å²) in [5.41, 5.74) is 1.59. The third-order valence-corrected chi connectivity index (χ3v) is 3.00. The van der Waals surface area contributed by atoms with E-state index < -0.39 is 0 Å². The van der Waals surface area contributed by atoms with E-state index >= 15 is 0 Å². The Hall–Kier alpha value is -2.40. The summed E-state index contributed by atoms with van der Waals surface area (Å²) in [4.78, 5) is 12.4. The highest BCUT2D eigenvalue weighted by Crippen LogP contribution is 2.15. The molecule has 2 rings (SSSR count). The quantitative estimate of drug-likeness (QED) is 0.830. The number of hydrogen-bond acceptors (Lipinski definition) is 3. The molecule has 0 heterocycles. The second-order valence-electron chi connectivity index (χ2n) is 4.37. The zero-order chi connectivity index (χ0) is 15.1. The number of para-hydroxylation sites is 1. The number of methoxy groups -OCH3 is 1. The van der Waals surface area contributed by atoms with Crippen LogP contribution in [0.1, 0.15) is 6.42 Å². The van der Waals surface area contributed by atoms with Gasteiger partial charge in [-0.2, -0.15) is 0 Å². The molecule has 2 aromatic rings. The van der Waals surface area contributed by atoms with Gasteiger partial charge >= 0.3 is 0 Å². The number of rotatable bonds is 5. The first-order valence-corrected chi connectivity index (χ1v) is 6.87. The first kappa shape index (κ1) is 15.0. The zero-order valence-electron chi connectivity index (χ0n) is 11.6. The van der Waals surface area contributed by atoms with Gasteiger partial charge in [-0.1, -0.05) is 30.4 Å². The number of anilines is 2. The Kier molecular flexibility index (Phi) is 5.29. The van der Waals surface area contributed by atoms with Crippen molar-refractivity contribution in [3.8, 4) is 5.75 Å². The summed E-state index contributed by atoms with van der Waals surface area (Å²) in [6.45, 7) is 0. The lowest BCUT2D eigenvalue weighted by molar-refractivity contribution is -0.115. The van der Waals surface area contributed by atoms with Crippen molar-refractivity contribution in [3.63, 3.8) is 0 Å². The van der Waals surface area contributed by atoms with Crippen LogP contribution in [0, 0.1) is 0 Å². The number of ether oxygens (including phenoxy) is 1.